The lowest BCUT2D eigenvalue weighted by atomic mass is 10.2. The van der Waals surface area contributed by atoms with Crippen molar-refractivity contribution in [2.45, 2.75) is 0 Å². The summed E-state index contributed by atoms with van der Waals surface area (Å²) in [5, 5.41) is 4.99. The molecule has 6 heteroatoms. The predicted molar refractivity (Wildman–Crippen MR) is 57.0 cm³/mol. The van der Waals surface area contributed by atoms with Crippen molar-refractivity contribution in [2.75, 3.05) is 12.8 Å². The summed E-state index contributed by atoms with van der Waals surface area (Å²) in [5.74, 6) is 0.183. The van der Waals surface area contributed by atoms with Crippen LogP contribution in [0.2, 0.25) is 5.02 Å². The number of aromatic nitrogens is 2. The summed E-state index contributed by atoms with van der Waals surface area (Å²) in [7, 11) is 1.26. The first-order chi connectivity index (χ1) is 7.15. The third-order valence-corrected chi connectivity index (χ3v) is 2.35. The molecule has 2 aromatic rings. The molecule has 2 N–H and O–H groups in total. The van der Waals surface area contributed by atoms with Gasteiger partial charge in [-0.3, -0.25) is 0 Å². The number of carbonyl (C=O) groups is 1. The second-order valence-corrected chi connectivity index (χ2v) is 3.31. The van der Waals surface area contributed by atoms with E-state index in [1.807, 2.05) is 0 Å². The summed E-state index contributed by atoms with van der Waals surface area (Å²) in [6.45, 7) is 0. The normalized spacial score (nSPS) is 10.5. The molecule has 0 radical (unpaired) electrons. The molecule has 15 heavy (non-hydrogen) atoms. The van der Waals surface area contributed by atoms with E-state index in [1.54, 1.807) is 18.2 Å². The number of halogens is 1. The van der Waals surface area contributed by atoms with E-state index in [2.05, 4.69) is 9.84 Å². The van der Waals surface area contributed by atoms with E-state index in [0.29, 0.717) is 15.9 Å². The van der Waals surface area contributed by atoms with Crippen molar-refractivity contribution in [3.63, 3.8) is 0 Å². The number of nitrogens with zero attached hydrogens (tertiary/aromatic N) is 2. The molecule has 0 amide bonds. The number of rotatable bonds is 0. The van der Waals surface area contributed by atoms with E-state index in [0.717, 1.165) is 4.68 Å². The third-order valence-electron chi connectivity index (χ3n) is 2.03. The van der Waals surface area contributed by atoms with Crippen molar-refractivity contribution in [3.05, 3.63) is 23.2 Å². The van der Waals surface area contributed by atoms with Crippen LogP contribution in [-0.4, -0.2) is 23.0 Å². The number of carbonyl (C=O) groups excluding carboxylic acids is 1. The summed E-state index contributed by atoms with van der Waals surface area (Å²) in [4.78, 5) is 11.3. The van der Waals surface area contributed by atoms with Gasteiger partial charge in [-0.15, -0.1) is 4.68 Å². The third kappa shape index (κ3) is 1.41. The van der Waals surface area contributed by atoms with Gasteiger partial charge in [0.1, 0.15) is 5.82 Å². The Labute approximate surface area is 90.4 Å². The van der Waals surface area contributed by atoms with E-state index >= 15 is 0 Å². The maximum absolute atomic E-state index is 11.3. The molecule has 78 valence electrons. The van der Waals surface area contributed by atoms with Gasteiger partial charge in [0.15, 0.2) is 0 Å². The van der Waals surface area contributed by atoms with Crippen molar-refractivity contribution in [1.82, 2.24) is 9.78 Å². The molecule has 0 aliphatic heterocycles. The Kier molecular flexibility index (Phi) is 2.24. The minimum atomic E-state index is -0.639. The van der Waals surface area contributed by atoms with Crippen LogP contribution in [0, 0.1) is 0 Å². The van der Waals surface area contributed by atoms with Crippen LogP contribution in [0.4, 0.5) is 10.6 Å². The number of nitrogens with two attached hydrogens (primary N) is 1. The number of benzene rings is 1. The second kappa shape index (κ2) is 3.43. The lowest BCUT2D eigenvalue weighted by molar-refractivity contribution is 0.170. The molecule has 5 nitrogen and oxygen atoms in total. The number of fused-ring (bicyclic) bond motifs is 1. The Hall–Kier alpha value is -1.75. The number of hydrogen-bond acceptors (Lipinski definition) is 4. The van der Waals surface area contributed by atoms with Gasteiger partial charge in [-0.25, -0.2) is 4.79 Å². The van der Waals surface area contributed by atoms with Gasteiger partial charge in [-0.1, -0.05) is 17.7 Å². The van der Waals surface area contributed by atoms with Gasteiger partial charge in [0, 0.05) is 0 Å². The highest BCUT2D eigenvalue weighted by molar-refractivity contribution is 6.36. The number of ether oxygens (including phenoxy) is 1. The first kappa shape index (κ1) is 9.79. The van der Waals surface area contributed by atoms with Crippen LogP contribution in [0.15, 0.2) is 18.2 Å². The molecular formula is C9H8ClN3O2. The Balaban J connectivity index is 2.75. The second-order valence-electron chi connectivity index (χ2n) is 2.90. The zero-order valence-electron chi connectivity index (χ0n) is 7.90. The standard InChI is InChI=1S/C9H8ClN3O2/c1-15-9(14)13-8(11)7-5(10)3-2-4-6(7)12-13/h2-4H,11H2,1H3. The molecule has 1 heterocycles. The molecule has 0 aliphatic rings. The van der Waals surface area contributed by atoms with E-state index < -0.39 is 6.09 Å². The molecule has 2 rings (SSSR count). The van der Waals surface area contributed by atoms with Gasteiger partial charge >= 0.3 is 6.09 Å². The maximum atomic E-state index is 11.3. The Morgan fingerprint density at radius 2 is 2.33 bits per heavy atom. The van der Waals surface area contributed by atoms with Crippen LogP contribution in [0.1, 0.15) is 0 Å². The molecule has 0 fully saturated rings. The van der Waals surface area contributed by atoms with Crippen LogP contribution in [0.3, 0.4) is 0 Å². The van der Waals surface area contributed by atoms with E-state index in [1.165, 1.54) is 7.11 Å². The van der Waals surface area contributed by atoms with Gasteiger partial charge in [0.25, 0.3) is 0 Å². The quantitative estimate of drug-likeness (QED) is 0.743. The van der Waals surface area contributed by atoms with Crippen LogP contribution in [0.5, 0.6) is 0 Å². The SMILES string of the molecule is COC(=O)n1nc2cccc(Cl)c2c1N. The lowest BCUT2D eigenvalue weighted by Gasteiger charge is -1.99. The van der Waals surface area contributed by atoms with Crippen molar-refractivity contribution in [2.24, 2.45) is 0 Å². The predicted octanol–water partition coefficient (Wildman–Crippen LogP) is 1.89. The van der Waals surface area contributed by atoms with Crippen LogP contribution in [0.25, 0.3) is 10.9 Å². The molecule has 1 aromatic carbocycles. The molecular weight excluding hydrogens is 218 g/mol. The highest BCUT2D eigenvalue weighted by Crippen LogP contribution is 2.28. The first-order valence-electron chi connectivity index (χ1n) is 4.16. The fraction of sp³-hybridized carbons (Fsp3) is 0.111. The van der Waals surface area contributed by atoms with E-state index in [9.17, 15) is 4.79 Å². The monoisotopic (exact) mass is 225 g/mol. The molecule has 0 unspecified atom stereocenters. The summed E-state index contributed by atoms with van der Waals surface area (Å²) in [6, 6.07) is 5.14. The Bertz CT molecular complexity index is 535. The number of methoxy groups -OCH3 is 1. The molecule has 0 saturated carbocycles. The van der Waals surface area contributed by atoms with Gasteiger partial charge in [-0.2, -0.15) is 5.10 Å². The van der Waals surface area contributed by atoms with Crippen LogP contribution in [-0.2, 0) is 4.74 Å². The first-order valence-corrected chi connectivity index (χ1v) is 4.54. The minimum absolute atomic E-state index is 0.183. The molecule has 0 atom stereocenters. The fourth-order valence-electron chi connectivity index (χ4n) is 1.34. The van der Waals surface area contributed by atoms with Gasteiger partial charge in [0.2, 0.25) is 0 Å². The largest absolute Gasteiger partial charge is 0.451 e. The zero-order valence-corrected chi connectivity index (χ0v) is 8.65. The van der Waals surface area contributed by atoms with Crippen molar-refractivity contribution in [1.29, 1.82) is 0 Å². The number of nitrogen functional groups attached to an aromatic ring is 1. The maximum Gasteiger partial charge on any atom is 0.436 e. The molecule has 1 aromatic heterocycles. The number of hydrogen-bond donors (Lipinski definition) is 1. The number of anilines is 1. The summed E-state index contributed by atoms with van der Waals surface area (Å²) < 4.78 is 5.51. The lowest BCUT2D eigenvalue weighted by Crippen LogP contribution is -2.15. The minimum Gasteiger partial charge on any atom is -0.451 e. The average molecular weight is 226 g/mol. The average Bonchev–Trinajstić information content (AvgIpc) is 2.56. The van der Waals surface area contributed by atoms with Crippen LogP contribution < -0.4 is 5.73 Å². The smallest absolute Gasteiger partial charge is 0.436 e. The highest BCUT2D eigenvalue weighted by Gasteiger charge is 2.16. The van der Waals surface area contributed by atoms with E-state index in [-0.39, 0.29) is 5.82 Å². The van der Waals surface area contributed by atoms with Gasteiger partial charge in [0.05, 0.1) is 23.0 Å². The Morgan fingerprint density at radius 1 is 1.60 bits per heavy atom. The summed E-state index contributed by atoms with van der Waals surface area (Å²) in [5.41, 5.74) is 6.29. The van der Waals surface area contributed by atoms with Gasteiger partial charge < -0.3 is 10.5 Å². The van der Waals surface area contributed by atoms with Crippen molar-refractivity contribution >= 4 is 34.4 Å². The molecule has 0 spiro atoms. The van der Waals surface area contributed by atoms with E-state index in [4.69, 9.17) is 17.3 Å². The molecule has 0 aliphatic carbocycles. The van der Waals surface area contributed by atoms with Crippen molar-refractivity contribution < 1.29 is 9.53 Å². The van der Waals surface area contributed by atoms with Crippen LogP contribution >= 0.6 is 11.6 Å². The summed E-state index contributed by atoms with van der Waals surface area (Å²) >= 11 is 5.94. The fourth-order valence-corrected chi connectivity index (χ4v) is 1.61. The highest BCUT2D eigenvalue weighted by atomic mass is 35.5. The molecule has 0 saturated heterocycles. The Morgan fingerprint density at radius 3 is 2.93 bits per heavy atom. The van der Waals surface area contributed by atoms with Crippen molar-refractivity contribution in [3.8, 4) is 0 Å². The zero-order chi connectivity index (χ0) is 11.0. The van der Waals surface area contributed by atoms with Gasteiger partial charge in [-0.05, 0) is 12.1 Å². The summed E-state index contributed by atoms with van der Waals surface area (Å²) in [6.07, 6.45) is -0.639. The molecule has 0 bridgehead atoms. The topological polar surface area (TPSA) is 70.1 Å².